The molecule has 0 atom stereocenters. The molecule has 0 spiro atoms. The summed E-state index contributed by atoms with van der Waals surface area (Å²) >= 11 is 0. The highest BCUT2D eigenvalue weighted by Gasteiger charge is 1.49. The Hall–Kier alpha value is -0.860. The lowest BCUT2D eigenvalue weighted by Gasteiger charge is -1.76. The molecule has 0 fully saturated rings. The van der Waals surface area contributed by atoms with Gasteiger partial charge in [0.15, 0.2) is 0 Å². The van der Waals surface area contributed by atoms with Gasteiger partial charge in [0, 0.05) is 7.05 Å². The topological polar surface area (TPSA) is 36.8 Å². The molecule has 0 bridgehead atoms. The summed E-state index contributed by atoms with van der Waals surface area (Å²) in [7, 11) is 1.70. The Kier molecular flexibility index (Phi) is 3.55. The van der Waals surface area contributed by atoms with Gasteiger partial charge in [-0.3, -0.25) is 4.99 Å². The molecule has 0 aromatic rings. The van der Waals surface area contributed by atoms with E-state index in [0.717, 1.165) is 0 Å². The van der Waals surface area contributed by atoms with Crippen LogP contribution in [0.4, 0.5) is 0 Å². The largest absolute Gasteiger partial charge is 0.312 e. The van der Waals surface area contributed by atoms with Crippen molar-refractivity contribution in [3.63, 3.8) is 0 Å². The monoisotopic (exact) mass is 85.1 g/mol. The second-order valence-corrected chi connectivity index (χ2v) is 0.651. The maximum atomic E-state index is 3.49. The summed E-state index contributed by atoms with van der Waals surface area (Å²) in [4.78, 5) is 3.32. The molecule has 0 heterocycles. The molecule has 0 saturated carbocycles. The molecule has 0 aromatic heterocycles. The van der Waals surface area contributed by atoms with Gasteiger partial charge in [-0.15, -0.1) is 0 Å². The fourth-order valence-electron chi connectivity index (χ4n) is 0.0986. The molecule has 0 radical (unpaired) electrons. The SMILES string of the molecule is C=N/C=N\NC. The maximum Gasteiger partial charge on any atom is 0.134 e. The zero-order chi connectivity index (χ0) is 4.83. The van der Waals surface area contributed by atoms with Crippen LogP contribution in [0.25, 0.3) is 0 Å². The fourth-order valence-corrected chi connectivity index (χ4v) is 0.0986. The fraction of sp³-hybridized carbons (Fsp3) is 0.333. The molecular weight excluding hydrogens is 78.1 g/mol. The Balaban J connectivity index is 2.94. The van der Waals surface area contributed by atoms with Crippen molar-refractivity contribution in [1.82, 2.24) is 5.43 Å². The molecule has 1 N–H and O–H groups in total. The van der Waals surface area contributed by atoms with Crippen LogP contribution in [-0.4, -0.2) is 20.1 Å². The third-order valence-electron chi connectivity index (χ3n) is 0.268. The van der Waals surface area contributed by atoms with E-state index >= 15 is 0 Å². The first-order valence-electron chi connectivity index (χ1n) is 1.56. The van der Waals surface area contributed by atoms with E-state index in [4.69, 9.17) is 0 Å². The summed E-state index contributed by atoms with van der Waals surface area (Å²) in [6, 6.07) is 0. The van der Waals surface area contributed by atoms with Crippen LogP contribution in [0.1, 0.15) is 0 Å². The molecule has 0 aliphatic carbocycles. The second-order valence-electron chi connectivity index (χ2n) is 0.651. The maximum absolute atomic E-state index is 3.49. The first-order valence-corrected chi connectivity index (χ1v) is 1.56. The lowest BCUT2D eigenvalue weighted by molar-refractivity contribution is 0.905. The quantitative estimate of drug-likeness (QED) is 0.282. The minimum Gasteiger partial charge on any atom is -0.312 e. The molecule has 0 rings (SSSR count). The van der Waals surface area contributed by atoms with Crippen molar-refractivity contribution in [2.24, 2.45) is 10.1 Å². The summed E-state index contributed by atoms with van der Waals surface area (Å²) in [5, 5.41) is 3.49. The van der Waals surface area contributed by atoms with E-state index in [0.29, 0.717) is 0 Å². The molecule has 6 heavy (non-hydrogen) atoms. The number of nitrogens with one attached hydrogen (secondary N) is 1. The van der Waals surface area contributed by atoms with Crippen molar-refractivity contribution in [3.8, 4) is 0 Å². The number of nitrogens with zero attached hydrogens (tertiary/aromatic N) is 2. The van der Waals surface area contributed by atoms with Crippen LogP contribution in [0.15, 0.2) is 10.1 Å². The molecule has 34 valence electrons. The normalized spacial score (nSPS) is 8.83. The van der Waals surface area contributed by atoms with Gasteiger partial charge in [0.05, 0.1) is 0 Å². The van der Waals surface area contributed by atoms with Crippen molar-refractivity contribution in [2.75, 3.05) is 7.05 Å². The van der Waals surface area contributed by atoms with E-state index in [2.05, 4.69) is 22.2 Å². The molecule has 0 saturated heterocycles. The van der Waals surface area contributed by atoms with Gasteiger partial charge < -0.3 is 5.43 Å². The number of rotatable bonds is 2. The van der Waals surface area contributed by atoms with E-state index < -0.39 is 0 Å². The summed E-state index contributed by atoms with van der Waals surface area (Å²) in [6.07, 6.45) is 1.33. The van der Waals surface area contributed by atoms with E-state index in [-0.39, 0.29) is 0 Å². The van der Waals surface area contributed by atoms with Gasteiger partial charge in [-0.25, -0.2) is 0 Å². The summed E-state index contributed by atoms with van der Waals surface area (Å²) < 4.78 is 0. The van der Waals surface area contributed by atoms with Gasteiger partial charge in [0.2, 0.25) is 0 Å². The smallest absolute Gasteiger partial charge is 0.134 e. The second kappa shape index (κ2) is 4.14. The highest BCUT2D eigenvalue weighted by atomic mass is 15.3. The van der Waals surface area contributed by atoms with Gasteiger partial charge >= 0.3 is 0 Å². The van der Waals surface area contributed by atoms with E-state index in [1.54, 1.807) is 7.05 Å². The average molecular weight is 85.1 g/mol. The van der Waals surface area contributed by atoms with Gasteiger partial charge in [0.25, 0.3) is 0 Å². The van der Waals surface area contributed by atoms with Gasteiger partial charge in [-0.2, -0.15) is 5.10 Å². The van der Waals surface area contributed by atoms with Gasteiger partial charge in [0.1, 0.15) is 6.34 Å². The molecule has 0 amide bonds. The summed E-state index contributed by atoms with van der Waals surface area (Å²) in [5.41, 5.74) is 2.50. The van der Waals surface area contributed by atoms with Crippen LogP contribution in [0, 0.1) is 0 Å². The number of hydrogen-bond acceptors (Lipinski definition) is 2. The molecular formula is C3H7N3. The first kappa shape index (κ1) is 5.14. The van der Waals surface area contributed by atoms with Crippen LogP contribution < -0.4 is 5.43 Å². The van der Waals surface area contributed by atoms with Crippen LogP contribution in [0.2, 0.25) is 0 Å². The Bertz CT molecular complexity index is 57.1. The lowest BCUT2D eigenvalue weighted by Crippen LogP contribution is -1.91. The molecule has 3 nitrogen and oxygen atoms in total. The molecule has 0 unspecified atom stereocenters. The van der Waals surface area contributed by atoms with E-state index in [1.165, 1.54) is 6.34 Å². The minimum atomic E-state index is 1.33. The third-order valence-corrected chi connectivity index (χ3v) is 0.268. The van der Waals surface area contributed by atoms with Crippen molar-refractivity contribution in [1.29, 1.82) is 0 Å². The molecule has 0 aliphatic heterocycles. The number of hydrogen-bond donors (Lipinski definition) is 1. The first-order chi connectivity index (χ1) is 2.91. The van der Waals surface area contributed by atoms with Gasteiger partial charge in [-0.1, -0.05) is 0 Å². The van der Waals surface area contributed by atoms with Crippen LogP contribution >= 0.6 is 0 Å². The average Bonchev–Trinajstić information content (AvgIpc) is 1.61. The Labute approximate surface area is 36.8 Å². The van der Waals surface area contributed by atoms with E-state index in [9.17, 15) is 0 Å². The Morgan fingerprint density at radius 3 is 2.67 bits per heavy atom. The Morgan fingerprint density at radius 1 is 1.83 bits per heavy atom. The highest BCUT2D eigenvalue weighted by molar-refractivity contribution is 5.61. The molecule has 0 aromatic carbocycles. The van der Waals surface area contributed by atoms with Crippen molar-refractivity contribution < 1.29 is 0 Å². The molecule has 0 aliphatic rings. The number of aliphatic imine (C=N–C) groups is 1. The van der Waals surface area contributed by atoms with Crippen LogP contribution in [-0.2, 0) is 0 Å². The number of hydrazone groups is 1. The van der Waals surface area contributed by atoms with Crippen molar-refractivity contribution in [2.45, 2.75) is 0 Å². The van der Waals surface area contributed by atoms with Crippen molar-refractivity contribution >= 4 is 13.1 Å². The van der Waals surface area contributed by atoms with Crippen LogP contribution in [0.5, 0.6) is 0 Å². The zero-order valence-corrected chi connectivity index (χ0v) is 3.68. The van der Waals surface area contributed by atoms with Crippen LogP contribution in [0.3, 0.4) is 0 Å². The molecule has 3 heteroatoms. The predicted molar refractivity (Wildman–Crippen MR) is 27.1 cm³/mol. The lowest BCUT2D eigenvalue weighted by atomic mass is 11.3. The van der Waals surface area contributed by atoms with Gasteiger partial charge in [-0.05, 0) is 6.72 Å². The van der Waals surface area contributed by atoms with E-state index in [1.807, 2.05) is 0 Å². The summed E-state index contributed by atoms with van der Waals surface area (Å²) in [5.74, 6) is 0. The van der Waals surface area contributed by atoms with Crippen molar-refractivity contribution in [3.05, 3.63) is 0 Å². The highest BCUT2D eigenvalue weighted by Crippen LogP contribution is 1.48. The Morgan fingerprint density at radius 2 is 2.50 bits per heavy atom. The predicted octanol–water partition coefficient (Wildman–Crippen LogP) is -0.150. The standard InChI is InChI=1S/C3H7N3/c1-4-3-6-5-2/h3,5H,1H2,2H3/b6-3-. The zero-order valence-electron chi connectivity index (χ0n) is 3.68. The minimum absolute atomic E-state index is 1.33. The summed E-state index contributed by atoms with van der Waals surface area (Å²) in [6.45, 7) is 3.16. The third kappa shape index (κ3) is 3.14.